The molecule has 0 aromatic carbocycles. The Hall–Kier alpha value is -0.650. The SMILES string of the molecule is CCCCCNC(=O)C(C)N1CC(C)OC(CO)C1. The fourth-order valence-corrected chi connectivity index (χ4v) is 2.40. The van der Waals surface area contributed by atoms with Gasteiger partial charge >= 0.3 is 0 Å². The molecule has 3 atom stereocenters. The van der Waals surface area contributed by atoms with Gasteiger partial charge in [-0.05, 0) is 20.3 Å². The average molecular weight is 272 g/mol. The highest BCUT2D eigenvalue weighted by Crippen LogP contribution is 2.13. The Bertz CT molecular complexity index is 273. The second-order valence-corrected chi connectivity index (χ2v) is 5.38. The lowest BCUT2D eigenvalue weighted by Gasteiger charge is -2.38. The first-order valence-corrected chi connectivity index (χ1v) is 7.36. The van der Waals surface area contributed by atoms with Gasteiger partial charge in [0.05, 0.1) is 24.9 Å². The van der Waals surface area contributed by atoms with E-state index in [1.807, 2.05) is 13.8 Å². The van der Waals surface area contributed by atoms with Crippen LogP contribution in [0, 0.1) is 0 Å². The third-order valence-electron chi connectivity index (χ3n) is 3.56. The van der Waals surface area contributed by atoms with E-state index in [4.69, 9.17) is 4.74 Å². The highest BCUT2D eigenvalue weighted by molar-refractivity contribution is 5.81. The van der Waals surface area contributed by atoms with Crippen LogP contribution in [-0.4, -0.2) is 60.4 Å². The van der Waals surface area contributed by atoms with Crippen LogP contribution in [0.3, 0.4) is 0 Å². The second-order valence-electron chi connectivity index (χ2n) is 5.38. The van der Waals surface area contributed by atoms with Crippen molar-refractivity contribution in [3.8, 4) is 0 Å². The summed E-state index contributed by atoms with van der Waals surface area (Å²) in [5.41, 5.74) is 0. The minimum absolute atomic E-state index is 0.00563. The van der Waals surface area contributed by atoms with Gasteiger partial charge in [0.15, 0.2) is 0 Å². The molecule has 0 aliphatic carbocycles. The lowest BCUT2D eigenvalue weighted by atomic mass is 10.1. The van der Waals surface area contributed by atoms with E-state index in [-0.39, 0.29) is 30.8 Å². The number of hydrogen-bond acceptors (Lipinski definition) is 4. The molecule has 0 saturated carbocycles. The molecule has 1 heterocycles. The monoisotopic (exact) mass is 272 g/mol. The summed E-state index contributed by atoms with van der Waals surface area (Å²) >= 11 is 0. The summed E-state index contributed by atoms with van der Waals surface area (Å²) in [5.74, 6) is 0.0712. The molecular formula is C14H28N2O3. The van der Waals surface area contributed by atoms with E-state index in [0.717, 1.165) is 32.4 Å². The Morgan fingerprint density at radius 1 is 1.47 bits per heavy atom. The van der Waals surface area contributed by atoms with Gasteiger partial charge in [0.1, 0.15) is 0 Å². The number of nitrogens with one attached hydrogen (secondary N) is 1. The predicted octanol–water partition coefficient (Wildman–Crippen LogP) is 0.763. The van der Waals surface area contributed by atoms with E-state index in [0.29, 0.717) is 6.54 Å². The lowest BCUT2D eigenvalue weighted by Crippen LogP contribution is -2.55. The van der Waals surface area contributed by atoms with Crippen molar-refractivity contribution in [3.63, 3.8) is 0 Å². The van der Waals surface area contributed by atoms with Gasteiger partial charge in [-0.2, -0.15) is 0 Å². The molecule has 5 heteroatoms. The topological polar surface area (TPSA) is 61.8 Å². The van der Waals surface area contributed by atoms with Gasteiger partial charge in [0.2, 0.25) is 5.91 Å². The van der Waals surface area contributed by atoms with E-state index in [1.165, 1.54) is 0 Å². The summed E-state index contributed by atoms with van der Waals surface area (Å²) in [7, 11) is 0. The second kappa shape index (κ2) is 8.51. The summed E-state index contributed by atoms with van der Waals surface area (Å²) in [6.07, 6.45) is 3.22. The molecule has 1 aliphatic rings. The van der Waals surface area contributed by atoms with E-state index in [1.54, 1.807) is 0 Å². The number of aliphatic hydroxyl groups is 1. The minimum Gasteiger partial charge on any atom is -0.394 e. The number of hydrogen-bond donors (Lipinski definition) is 2. The van der Waals surface area contributed by atoms with Crippen LogP contribution < -0.4 is 5.32 Å². The van der Waals surface area contributed by atoms with E-state index in [9.17, 15) is 9.90 Å². The zero-order valence-corrected chi connectivity index (χ0v) is 12.4. The molecule has 2 N–H and O–H groups in total. The summed E-state index contributed by atoms with van der Waals surface area (Å²) in [6, 6.07) is -0.165. The van der Waals surface area contributed by atoms with Crippen molar-refractivity contribution in [1.82, 2.24) is 10.2 Å². The number of nitrogens with zero attached hydrogens (tertiary/aromatic N) is 1. The van der Waals surface area contributed by atoms with Crippen LogP contribution in [0.5, 0.6) is 0 Å². The first-order chi connectivity index (χ1) is 9.08. The van der Waals surface area contributed by atoms with Crippen molar-refractivity contribution in [3.05, 3.63) is 0 Å². The Balaban J connectivity index is 2.37. The largest absolute Gasteiger partial charge is 0.394 e. The van der Waals surface area contributed by atoms with Crippen LogP contribution in [0.25, 0.3) is 0 Å². The van der Waals surface area contributed by atoms with Gasteiger partial charge in [0, 0.05) is 19.6 Å². The van der Waals surface area contributed by atoms with Crippen molar-refractivity contribution >= 4 is 5.91 Å². The zero-order valence-electron chi connectivity index (χ0n) is 12.4. The van der Waals surface area contributed by atoms with Crippen LogP contribution in [0.1, 0.15) is 40.0 Å². The predicted molar refractivity (Wildman–Crippen MR) is 75.0 cm³/mol. The van der Waals surface area contributed by atoms with Crippen molar-refractivity contribution in [2.24, 2.45) is 0 Å². The molecule has 3 unspecified atom stereocenters. The van der Waals surface area contributed by atoms with Crippen molar-refractivity contribution in [1.29, 1.82) is 0 Å². The number of rotatable bonds is 7. The van der Waals surface area contributed by atoms with Gasteiger partial charge in [-0.1, -0.05) is 19.8 Å². The maximum atomic E-state index is 12.1. The van der Waals surface area contributed by atoms with Crippen LogP contribution >= 0.6 is 0 Å². The molecule has 0 spiro atoms. The Morgan fingerprint density at radius 2 is 2.21 bits per heavy atom. The van der Waals surface area contributed by atoms with Crippen LogP contribution in [0.2, 0.25) is 0 Å². The van der Waals surface area contributed by atoms with Crippen molar-refractivity contribution < 1.29 is 14.6 Å². The molecule has 0 aromatic rings. The van der Waals surface area contributed by atoms with Crippen LogP contribution in [0.4, 0.5) is 0 Å². The number of ether oxygens (including phenoxy) is 1. The molecule has 5 nitrogen and oxygen atoms in total. The van der Waals surface area contributed by atoms with Gasteiger partial charge in [0.25, 0.3) is 0 Å². The number of unbranched alkanes of at least 4 members (excludes halogenated alkanes) is 2. The molecule has 19 heavy (non-hydrogen) atoms. The van der Waals surface area contributed by atoms with E-state index < -0.39 is 0 Å². The molecule has 1 saturated heterocycles. The average Bonchev–Trinajstić information content (AvgIpc) is 2.41. The number of amides is 1. The number of aliphatic hydroxyl groups excluding tert-OH is 1. The molecule has 0 aromatic heterocycles. The summed E-state index contributed by atoms with van der Waals surface area (Å²) < 4.78 is 5.59. The number of morpholine rings is 1. The third kappa shape index (κ3) is 5.47. The molecule has 1 rings (SSSR count). The van der Waals surface area contributed by atoms with Gasteiger partial charge < -0.3 is 15.2 Å². The number of carbonyl (C=O) groups excluding carboxylic acids is 1. The Kier molecular flexibility index (Phi) is 7.34. The van der Waals surface area contributed by atoms with Crippen molar-refractivity contribution in [2.45, 2.75) is 58.3 Å². The molecule has 112 valence electrons. The molecular weight excluding hydrogens is 244 g/mol. The first kappa shape index (κ1) is 16.4. The fraction of sp³-hybridized carbons (Fsp3) is 0.929. The molecule has 1 fully saturated rings. The van der Waals surface area contributed by atoms with Crippen molar-refractivity contribution in [2.75, 3.05) is 26.2 Å². The van der Waals surface area contributed by atoms with Gasteiger partial charge in [-0.3, -0.25) is 9.69 Å². The standard InChI is InChI=1S/C14H28N2O3/c1-4-5-6-7-15-14(18)12(3)16-8-11(2)19-13(9-16)10-17/h11-13,17H,4-10H2,1-3H3,(H,15,18). The molecule has 0 radical (unpaired) electrons. The van der Waals surface area contributed by atoms with Gasteiger partial charge in [-0.15, -0.1) is 0 Å². The van der Waals surface area contributed by atoms with E-state index >= 15 is 0 Å². The minimum atomic E-state index is -0.181. The van der Waals surface area contributed by atoms with Gasteiger partial charge in [-0.25, -0.2) is 0 Å². The Labute approximate surface area is 116 Å². The maximum Gasteiger partial charge on any atom is 0.237 e. The van der Waals surface area contributed by atoms with Crippen LogP contribution in [-0.2, 0) is 9.53 Å². The normalized spacial score (nSPS) is 26.1. The third-order valence-corrected chi connectivity index (χ3v) is 3.56. The number of carbonyl (C=O) groups is 1. The summed E-state index contributed by atoms with van der Waals surface area (Å²) in [6.45, 7) is 8.15. The highest BCUT2D eigenvalue weighted by atomic mass is 16.5. The van der Waals surface area contributed by atoms with E-state index in [2.05, 4.69) is 17.1 Å². The maximum absolute atomic E-state index is 12.1. The summed E-state index contributed by atoms with van der Waals surface area (Å²) in [4.78, 5) is 14.1. The highest BCUT2D eigenvalue weighted by Gasteiger charge is 2.30. The quantitative estimate of drug-likeness (QED) is 0.672. The summed E-state index contributed by atoms with van der Waals surface area (Å²) in [5, 5.41) is 12.2. The molecule has 1 amide bonds. The fourth-order valence-electron chi connectivity index (χ4n) is 2.40. The molecule has 1 aliphatic heterocycles. The zero-order chi connectivity index (χ0) is 14.3. The first-order valence-electron chi connectivity index (χ1n) is 7.36. The lowest BCUT2D eigenvalue weighted by molar-refractivity contribution is -0.135. The van der Waals surface area contributed by atoms with Crippen LogP contribution in [0.15, 0.2) is 0 Å². The molecule has 0 bridgehead atoms. The smallest absolute Gasteiger partial charge is 0.237 e. The Morgan fingerprint density at radius 3 is 2.84 bits per heavy atom.